The van der Waals surface area contributed by atoms with Crippen LogP contribution in [-0.4, -0.2) is 23.4 Å². The minimum Gasteiger partial charge on any atom is -0.225 e. The maximum absolute atomic E-state index is 11.5. The lowest BCUT2D eigenvalue weighted by atomic mass is 10.4. The lowest BCUT2D eigenvalue weighted by Gasteiger charge is -2.04. The highest BCUT2D eigenvalue weighted by Crippen LogP contribution is 2.12. The van der Waals surface area contributed by atoms with E-state index in [0.29, 0.717) is 0 Å². The van der Waals surface area contributed by atoms with E-state index in [1.165, 1.54) is 12.1 Å². The molecule has 0 aromatic heterocycles. The Labute approximate surface area is 94.6 Å². The molecule has 1 aromatic rings. The van der Waals surface area contributed by atoms with Crippen molar-refractivity contribution in [1.29, 1.82) is 0 Å². The zero-order valence-electron chi connectivity index (χ0n) is 8.54. The molecule has 1 rings (SSSR count). The molecule has 0 bridgehead atoms. The van der Waals surface area contributed by atoms with Gasteiger partial charge in [0.2, 0.25) is 20.0 Å². The Hall–Kier alpha value is -0.960. The highest BCUT2D eigenvalue weighted by atomic mass is 32.2. The van der Waals surface area contributed by atoms with Gasteiger partial charge in [-0.2, -0.15) is 0 Å². The molecule has 16 heavy (non-hydrogen) atoms. The number of primary sulfonamides is 1. The van der Waals surface area contributed by atoms with Crippen molar-refractivity contribution in [2.75, 3.05) is 6.54 Å². The molecule has 0 unspecified atom stereocenters. The van der Waals surface area contributed by atoms with Crippen molar-refractivity contribution in [3.63, 3.8) is 0 Å². The Balaban J connectivity index is 3.15. The van der Waals surface area contributed by atoms with E-state index in [1.54, 1.807) is 6.92 Å². The molecule has 8 heteroatoms. The molecule has 0 aliphatic heterocycles. The van der Waals surface area contributed by atoms with Crippen molar-refractivity contribution in [3.05, 3.63) is 24.3 Å². The zero-order valence-corrected chi connectivity index (χ0v) is 10.2. The second-order valence-electron chi connectivity index (χ2n) is 3.02. The maximum Gasteiger partial charge on any atom is 0.240 e. The predicted molar refractivity (Wildman–Crippen MR) is 58.7 cm³/mol. The molecule has 0 atom stereocenters. The van der Waals surface area contributed by atoms with Gasteiger partial charge in [-0.05, 0) is 24.3 Å². The summed E-state index contributed by atoms with van der Waals surface area (Å²) in [4.78, 5) is -0.121. The van der Waals surface area contributed by atoms with Crippen LogP contribution < -0.4 is 9.86 Å². The topological polar surface area (TPSA) is 106 Å². The van der Waals surface area contributed by atoms with Crippen LogP contribution in [0.5, 0.6) is 0 Å². The fraction of sp³-hybridized carbons (Fsp3) is 0.250. The molecule has 0 aliphatic carbocycles. The van der Waals surface area contributed by atoms with Crippen LogP contribution >= 0.6 is 0 Å². The van der Waals surface area contributed by atoms with Gasteiger partial charge in [0.1, 0.15) is 0 Å². The number of benzene rings is 1. The van der Waals surface area contributed by atoms with E-state index < -0.39 is 20.0 Å². The summed E-state index contributed by atoms with van der Waals surface area (Å²) in [5.74, 6) is 0. The smallest absolute Gasteiger partial charge is 0.225 e. The van der Waals surface area contributed by atoms with E-state index in [4.69, 9.17) is 5.14 Å². The van der Waals surface area contributed by atoms with Gasteiger partial charge in [-0.15, -0.1) is 0 Å². The standard InChI is InChI=1S/C8H12N2O4S2/c1-2-10-16(13,14)8-5-3-7(4-6-8)15(9,11)12/h3-6,10H,2H2,1H3,(H2,9,11,12). The van der Waals surface area contributed by atoms with Gasteiger partial charge < -0.3 is 0 Å². The molecule has 6 nitrogen and oxygen atoms in total. The highest BCUT2D eigenvalue weighted by molar-refractivity contribution is 7.89. The van der Waals surface area contributed by atoms with Crippen LogP contribution in [0.2, 0.25) is 0 Å². The first-order valence-corrected chi connectivity index (χ1v) is 7.43. The average Bonchev–Trinajstić information content (AvgIpc) is 2.16. The molecule has 3 N–H and O–H groups in total. The molecule has 0 fully saturated rings. The van der Waals surface area contributed by atoms with E-state index >= 15 is 0 Å². The van der Waals surface area contributed by atoms with Crippen molar-refractivity contribution >= 4 is 20.0 Å². The molecular weight excluding hydrogens is 252 g/mol. The predicted octanol–water partition coefficient (Wildman–Crippen LogP) is -0.368. The number of hydrogen-bond acceptors (Lipinski definition) is 4. The number of hydrogen-bond donors (Lipinski definition) is 2. The van der Waals surface area contributed by atoms with Crippen LogP contribution in [0.1, 0.15) is 6.92 Å². The molecule has 1 aromatic carbocycles. The monoisotopic (exact) mass is 264 g/mol. The van der Waals surface area contributed by atoms with E-state index in [1.807, 2.05) is 0 Å². The van der Waals surface area contributed by atoms with Gasteiger partial charge in [-0.25, -0.2) is 26.7 Å². The Kier molecular flexibility index (Phi) is 3.68. The Morgan fingerprint density at radius 1 is 1.06 bits per heavy atom. The molecule has 0 saturated carbocycles. The normalized spacial score (nSPS) is 12.6. The molecule has 0 amide bonds. The molecule has 0 heterocycles. The third-order valence-corrected chi connectivity index (χ3v) is 4.29. The largest absolute Gasteiger partial charge is 0.240 e. The fourth-order valence-electron chi connectivity index (χ4n) is 1.08. The van der Waals surface area contributed by atoms with E-state index in [2.05, 4.69) is 4.72 Å². The molecule has 0 spiro atoms. The Bertz CT molecular complexity index is 561. The first kappa shape index (κ1) is 13.1. The quantitative estimate of drug-likeness (QED) is 0.773. The number of nitrogens with two attached hydrogens (primary N) is 1. The summed E-state index contributed by atoms with van der Waals surface area (Å²) in [6, 6.07) is 4.69. The third kappa shape index (κ3) is 3.01. The van der Waals surface area contributed by atoms with Crippen LogP contribution in [0, 0.1) is 0 Å². The van der Waals surface area contributed by atoms with Crippen molar-refractivity contribution in [3.8, 4) is 0 Å². The average molecular weight is 264 g/mol. The van der Waals surface area contributed by atoms with Crippen LogP contribution in [0.15, 0.2) is 34.1 Å². The highest BCUT2D eigenvalue weighted by Gasteiger charge is 2.14. The van der Waals surface area contributed by atoms with Crippen LogP contribution in [0.3, 0.4) is 0 Å². The maximum atomic E-state index is 11.5. The van der Waals surface area contributed by atoms with E-state index in [-0.39, 0.29) is 16.3 Å². The van der Waals surface area contributed by atoms with E-state index in [9.17, 15) is 16.8 Å². The van der Waals surface area contributed by atoms with Gasteiger partial charge in [0.25, 0.3) is 0 Å². The van der Waals surface area contributed by atoms with Crippen LogP contribution in [0.4, 0.5) is 0 Å². The first-order valence-electron chi connectivity index (χ1n) is 4.40. The van der Waals surface area contributed by atoms with Gasteiger partial charge >= 0.3 is 0 Å². The van der Waals surface area contributed by atoms with Crippen molar-refractivity contribution in [2.45, 2.75) is 16.7 Å². The van der Waals surface area contributed by atoms with Gasteiger partial charge in [-0.1, -0.05) is 6.92 Å². The number of nitrogens with one attached hydrogen (secondary N) is 1. The summed E-state index contributed by atoms with van der Waals surface area (Å²) in [6.07, 6.45) is 0. The Morgan fingerprint density at radius 2 is 1.50 bits per heavy atom. The van der Waals surface area contributed by atoms with Crippen molar-refractivity contribution < 1.29 is 16.8 Å². The van der Waals surface area contributed by atoms with Crippen molar-refractivity contribution in [2.24, 2.45) is 5.14 Å². The van der Waals surface area contributed by atoms with Crippen molar-refractivity contribution in [1.82, 2.24) is 4.72 Å². The van der Waals surface area contributed by atoms with Gasteiger partial charge in [0, 0.05) is 6.54 Å². The van der Waals surface area contributed by atoms with Crippen LogP contribution in [-0.2, 0) is 20.0 Å². The number of sulfonamides is 2. The molecule has 0 radical (unpaired) electrons. The summed E-state index contributed by atoms with van der Waals surface area (Å²) in [5, 5.41) is 4.88. The molecule has 90 valence electrons. The molecule has 0 aliphatic rings. The number of rotatable bonds is 4. The Morgan fingerprint density at radius 3 is 1.88 bits per heavy atom. The second-order valence-corrected chi connectivity index (χ2v) is 6.35. The minimum atomic E-state index is -3.79. The molecule has 0 saturated heterocycles. The minimum absolute atomic E-state index is 0.00162. The third-order valence-electron chi connectivity index (χ3n) is 1.80. The van der Waals surface area contributed by atoms with Crippen LogP contribution in [0.25, 0.3) is 0 Å². The lowest BCUT2D eigenvalue weighted by Crippen LogP contribution is -2.23. The summed E-state index contributed by atoms with van der Waals surface area (Å²) in [6.45, 7) is 1.91. The summed E-state index contributed by atoms with van der Waals surface area (Å²) in [7, 11) is -7.35. The van der Waals surface area contributed by atoms with Gasteiger partial charge in [0.05, 0.1) is 9.79 Å². The summed E-state index contributed by atoms with van der Waals surface area (Å²) < 4.78 is 47.2. The summed E-state index contributed by atoms with van der Waals surface area (Å²) in [5.41, 5.74) is 0. The second kappa shape index (κ2) is 4.50. The fourth-order valence-corrected chi connectivity index (χ4v) is 2.64. The van der Waals surface area contributed by atoms with Gasteiger partial charge in [-0.3, -0.25) is 0 Å². The lowest BCUT2D eigenvalue weighted by molar-refractivity contribution is 0.583. The summed E-state index contributed by atoms with van der Waals surface area (Å²) >= 11 is 0. The zero-order chi connectivity index (χ0) is 12.4. The van der Waals surface area contributed by atoms with Gasteiger partial charge in [0.15, 0.2) is 0 Å². The SMILES string of the molecule is CCNS(=O)(=O)c1ccc(S(N)(=O)=O)cc1. The molecular formula is C8H12N2O4S2. The first-order chi connectivity index (χ1) is 7.27. The van der Waals surface area contributed by atoms with E-state index in [0.717, 1.165) is 12.1 Å².